The van der Waals surface area contributed by atoms with Crippen molar-refractivity contribution in [1.82, 2.24) is 9.97 Å². The van der Waals surface area contributed by atoms with Gasteiger partial charge in [-0.2, -0.15) is 0 Å². The number of oxazole rings is 1. The van der Waals surface area contributed by atoms with E-state index in [1.165, 1.54) is 36.0 Å². The minimum Gasteiger partial charge on any atom is -0.442 e. The molecule has 1 aromatic carbocycles. The van der Waals surface area contributed by atoms with Crippen LogP contribution in [-0.4, -0.2) is 21.8 Å². The predicted molar refractivity (Wildman–Crippen MR) is 102 cm³/mol. The second-order valence-electron chi connectivity index (χ2n) is 5.34. The van der Waals surface area contributed by atoms with Crippen LogP contribution in [0.3, 0.4) is 0 Å². The quantitative estimate of drug-likeness (QED) is 0.549. The largest absolute Gasteiger partial charge is 0.442 e. The third-order valence-corrected chi connectivity index (χ3v) is 5.26. The monoisotopic (exact) mass is 384 g/mol. The van der Waals surface area contributed by atoms with Crippen molar-refractivity contribution in [2.75, 3.05) is 10.6 Å². The average Bonchev–Trinajstić information content (AvgIpc) is 3.33. The Morgan fingerprint density at radius 2 is 2.08 bits per heavy atom. The second-order valence-corrected chi connectivity index (χ2v) is 7.32. The molecule has 0 spiro atoms. The summed E-state index contributed by atoms with van der Waals surface area (Å²) >= 11 is 2.81. The molecule has 9 heteroatoms. The van der Waals surface area contributed by atoms with Crippen LogP contribution in [0.25, 0.3) is 20.9 Å². The van der Waals surface area contributed by atoms with E-state index in [-0.39, 0.29) is 17.5 Å². The van der Waals surface area contributed by atoms with E-state index in [9.17, 15) is 9.59 Å². The summed E-state index contributed by atoms with van der Waals surface area (Å²) in [5.41, 5.74) is 1.59. The van der Waals surface area contributed by atoms with Crippen LogP contribution < -0.4 is 10.6 Å². The van der Waals surface area contributed by atoms with E-state index in [1.807, 2.05) is 17.5 Å². The summed E-state index contributed by atoms with van der Waals surface area (Å²) in [4.78, 5) is 32.9. The Labute approximate surface area is 155 Å². The van der Waals surface area contributed by atoms with Gasteiger partial charge < -0.3 is 15.1 Å². The minimum absolute atomic E-state index is 0.176. The summed E-state index contributed by atoms with van der Waals surface area (Å²) in [6.45, 7) is 1.43. The molecule has 26 heavy (non-hydrogen) atoms. The summed E-state index contributed by atoms with van der Waals surface area (Å²) in [5.74, 6) is -0.0814. The molecule has 4 rings (SSSR count). The zero-order chi connectivity index (χ0) is 18.1. The van der Waals surface area contributed by atoms with Gasteiger partial charge >= 0.3 is 0 Å². The fourth-order valence-corrected chi connectivity index (χ4v) is 4.05. The van der Waals surface area contributed by atoms with Crippen molar-refractivity contribution in [2.24, 2.45) is 0 Å². The van der Waals surface area contributed by atoms with Gasteiger partial charge in [0.2, 0.25) is 5.91 Å². The Balaban J connectivity index is 1.58. The Kier molecular flexibility index (Phi) is 4.23. The number of hydrogen-bond donors (Lipinski definition) is 2. The third-order valence-electron chi connectivity index (χ3n) is 3.46. The number of carbonyl (C=O) groups is 2. The lowest BCUT2D eigenvalue weighted by Crippen LogP contribution is -2.13. The lowest BCUT2D eigenvalue weighted by Gasteiger charge is -2.04. The lowest BCUT2D eigenvalue weighted by atomic mass is 10.2. The Morgan fingerprint density at radius 3 is 2.85 bits per heavy atom. The summed E-state index contributed by atoms with van der Waals surface area (Å²) < 4.78 is 6.22. The van der Waals surface area contributed by atoms with E-state index >= 15 is 0 Å². The first kappa shape index (κ1) is 16.4. The fourth-order valence-electron chi connectivity index (χ4n) is 2.39. The predicted octanol–water partition coefficient (Wildman–Crippen LogP) is 4.22. The van der Waals surface area contributed by atoms with Gasteiger partial charge in [-0.3, -0.25) is 9.59 Å². The number of thiophene rings is 1. The number of hydrogen-bond acceptors (Lipinski definition) is 7. The average molecular weight is 384 g/mol. The van der Waals surface area contributed by atoms with Gasteiger partial charge in [0, 0.05) is 12.6 Å². The molecular weight excluding hydrogens is 372 g/mol. The van der Waals surface area contributed by atoms with Crippen molar-refractivity contribution in [2.45, 2.75) is 6.92 Å². The van der Waals surface area contributed by atoms with Gasteiger partial charge in [-0.1, -0.05) is 17.4 Å². The molecule has 0 radical (unpaired) electrons. The maximum absolute atomic E-state index is 12.6. The number of nitrogens with zero attached hydrogens (tertiary/aromatic N) is 2. The molecule has 2 amide bonds. The number of benzene rings is 1. The highest BCUT2D eigenvalue weighted by Gasteiger charge is 2.19. The van der Waals surface area contributed by atoms with Gasteiger partial charge in [-0.25, -0.2) is 9.97 Å². The van der Waals surface area contributed by atoms with Crippen LogP contribution in [0.1, 0.15) is 17.4 Å². The van der Waals surface area contributed by atoms with Crippen LogP contribution in [0.4, 0.5) is 10.8 Å². The molecule has 0 saturated carbocycles. The highest BCUT2D eigenvalue weighted by molar-refractivity contribution is 7.22. The van der Waals surface area contributed by atoms with E-state index in [2.05, 4.69) is 20.6 Å². The van der Waals surface area contributed by atoms with E-state index in [0.717, 1.165) is 15.1 Å². The number of fused-ring (bicyclic) bond motifs is 1. The Hall–Kier alpha value is -3.04. The highest BCUT2D eigenvalue weighted by atomic mass is 32.1. The van der Waals surface area contributed by atoms with Gasteiger partial charge in [0.15, 0.2) is 23.0 Å². The summed E-state index contributed by atoms with van der Waals surface area (Å²) in [7, 11) is 0. The molecule has 130 valence electrons. The van der Waals surface area contributed by atoms with Gasteiger partial charge in [-0.15, -0.1) is 11.3 Å². The molecule has 0 bridgehead atoms. The van der Waals surface area contributed by atoms with Crippen molar-refractivity contribution < 1.29 is 14.0 Å². The number of amides is 2. The second kappa shape index (κ2) is 6.70. The normalized spacial score (nSPS) is 10.8. The first-order chi connectivity index (χ1) is 12.6. The standard InChI is InChI=1S/C17H12N4O3S2/c1-9(22)19-17-21-11-5-4-10(7-13(11)26-17)20-16(23)14-15(24-8-18-14)12-3-2-6-25-12/h2-8H,1H3,(H,20,23)(H,19,21,22). The van der Waals surface area contributed by atoms with Crippen LogP contribution >= 0.6 is 22.7 Å². The van der Waals surface area contributed by atoms with Crippen LogP contribution in [0, 0.1) is 0 Å². The first-order valence-electron chi connectivity index (χ1n) is 7.57. The van der Waals surface area contributed by atoms with Crippen molar-refractivity contribution in [3.05, 3.63) is 47.8 Å². The minimum atomic E-state index is -0.354. The number of nitrogens with one attached hydrogen (secondary N) is 2. The van der Waals surface area contributed by atoms with Crippen LogP contribution in [0.2, 0.25) is 0 Å². The zero-order valence-corrected chi connectivity index (χ0v) is 15.1. The highest BCUT2D eigenvalue weighted by Crippen LogP contribution is 2.30. The molecule has 0 aliphatic carbocycles. The Bertz CT molecular complexity index is 1100. The molecule has 0 unspecified atom stereocenters. The number of carbonyl (C=O) groups excluding carboxylic acids is 2. The molecule has 2 N–H and O–H groups in total. The number of aromatic nitrogens is 2. The lowest BCUT2D eigenvalue weighted by molar-refractivity contribution is -0.114. The molecule has 0 fully saturated rings. The molecule has 3 heterocycles. The molecule has 3 aromatic heterocycles. The fraction of sp³-hybridized carbons (Fsp3) is 0.0588. The topological polar surface area (TPSA) is 97.1 Å². The van der Waals surface area contributed by atoms with E-state index in [0.29, 0.717) is 16.6 Å². The third kappa shape index (κ3) is 3.22. The molecule has 4 aromatic rings. The van der Waals surface area contributed by atoms with E-state index in [4.69, 9.17) is 4.42 Å². The van der Waals surface area contributed by atoms with Crippen LogP contribution in [-0.2, 0) is 4.79 Å². The van der Waals surface area contributed by atoms with Gasteiger partial charge in [0.05, 0.1) is 15.1 Å². The molecule has 0 aliphatic heterocycles. The van der Waals surface area contributed by atoms with Gasteiger partial charge in [0.1, 0.15) is 0 Å². The maximum atomic E-state index is 12.6. The molecule has 0 atom stereocenters. The van der Waals surface area contributed by atoms with Gasteiger partial charge in [0.25, 0.3) is 5.91 Å². The van der Waals surface area contributed by atoms with Crippen molar-refractivity contribution in [1.29, 1.82) is 0 Å². The molecule has 0 aliphatic rings. The van der Waals surface area contributed by atoms with Crippen LogP contribution in [0.5, 0.6) is 0 Å². The Morgan fingerprint density at radius 1 is 1.19 bits per heavy atom. The van der Waals surface area contributed by atoms with Crippen molar-refractivity contribution in [3.8, 4) is 10.6 Å². The molecular formula is C17H12N4O3S2. The number of thiazole rings is 1. The number of anilines is 2. The summed E-state index contributed by atoms with van der Waals surface area (Å²) in [6, 6.07) is 9.10. The summed E-state index contributed by atoms with van der Waals surface area (Å²) in [5, 5.41) is 7.91. The van der Waals surface area contributed by atoms with E-state index in [1.54, 1.807) is 18.2 Å². The smallest absolute Gasteiger partial charge is 0.278 e. The zero-order valence-electron chi connectivity index (χ0n) is 13.5. The summed E-state index contributed by atoms with van der Waals surface area (Å²) in [6.07, 6.45) is 1.26. The molecule has 7 nitrogen and oxygen atoms in total. The van der Waals surface area contributed by atoms with Crippen LogP contribution in [0.15, 0.2) is 46.5 Å². The maximum Gasteiger partial charge on any atom is 0.278 e. The van der Waals surface area contributed by atoms with Crippen molar-refractivity contribution in [3.63, 3.8) is 0 Å². The van der Waals surface area contributed by atoms with E-state index < -0.39 is 0 Å². The first-order valence-corrected chi connectivity index (χ1v) is 9.26. The SMILES string of the molecule is CC(=O)Nc1nc2ccc(NC(=O)c3ncoc3-c3cccs3)cc2s1. The van der Waals surface area contributed by atoms with Crippen molar-refractivity contribution >= 4 is 55.5 Å². The molecule has 0 saturated heterocycles. The van der Waals surface area contributed by atoms with Gasteiger partial charge in [-0.05, 0) is 29.6 Å². The number of rotatable bonds is 4.